The maximum atomic E-state index is 12.3. The number of halogens is 1. The summed E-state index contributed by atoms with van der Waals surface area (Å²) < 4.78 is 0. The van der Waals surface area contributed by atoms with Gasteiger partial charge in [0.1, 0.15) is 5.75 Å². The molecule has 0 heterocycles. The lowest BCUT2D eigenvalue weighted by Gasteiger charge is -2.09. The monoisotopic (exact) mass is 383 g/mol. The zero-order valence-corrected chi connectivity index (χ0v) is 15.8. The molecule has 3 aromatic rings. The molecule has 3 rings (SSSR count). The maximum absolute atomic E-state index is 12.3. The summed E-state index contributed by atoms with van der Waals surface area (Å²) in [6, 6.07) is 20.3. The topological polar surface area (TPSA) is 49.3 Å². The van der Waals surface area contributed by atoms with E-state index in [1.165, 1.54) is 0 Å². The van der Waals surface area contributed by atoms with E-state index in [4.69, 9.17) is 11.6 Å². The number of thioether (sulfide) groups is 1. The van der Waals surface area contributed by atoms with Gasteiger partial charge < -0.3 is 10.4 Å². The first-order valence-corrected chi connectivity index (χ1v) is 9.46. The first-order chi connectivity index (χ1) is 12.5. The summed E-state index contributed by atoms with van der Waals surface area (Å²) >= 11 is 7.60. The fraction of sp³-hybridized carbons (Fsp3) is 0.0952. The highest BCUT2D eigenvalue weighted by Crippen LogP contribution is 2.26. The molecule has 1 amide bonds. The van der Waals surface area contributed by atoms with Gasteiger partial charge >= 0.3 is 0 Å². The van der Waals surface area contributed by atoms with E-state index in [-0.39, 0.29) is 11.7 Å². The molecule has 3 nitrogen and oxygen atoms in total. The van der Waals surface area contributed by atoms with Gasteiger partial charge in [0.05, 0.1) is 5.69 Å². The van der Waals surface area contributed by atoms with Crippen molar-refractivity contribution < 1.29 is 9.90 Å². The second kappa shape index (κ2) is 8.30. The van der Waals surface area contributed by atoms with Crippen molar-refractivity contribution in [2.75, 3.05) is 5.32 Å². The Morgan fingerprint density at radius 3 is 2.38 bits per heavy atom. The van der Waals surface area contributed by atoms with Crippen LogP contribution in [0.3, 0.4) is 0 Å². The zero-order chi connectivity index (χ0) is 18.5. The van der Waals surface area contributed by atoms with Gasteiger partial charge in [0, 0.05) is 21.2 Å². The number of carbonyl (C=O) groups is 1. The van der Waals surface area contributed by atoms with Crippen molar-refractivity contribution in [2.24, 2.45) is 0 Å². The Balaban J connectivity index is 1.61. The lowest BCUT2D eigenvalue weighted by atomic mass is 10.1. The Hall–Kier alpha value is -2.43. The van der Waals surface area contributed by atoms with Crippen LogP contribution in [0.5, 0.6) is 5.75 Å². The highest BCUT2D eigenvalue weighted by Gasteiger charge is 2.09. The van der Waals surface area contributed by atoms with Gasteiger partial charge in [-0.2, -0.15) is 0 Å². The Kier molecular flexibility index (Phi) is 5.86. The molecule has 0 atom stereocenters. The van der Waals surface area contributed by atoms with Gasteiger partial charge in [-0.3, -0.25) is 4.79 Å². The maximum Gasteiger partial charge on any atom is 0.255 e. The Morgan fingerprint density at radius 2 is 1.73 bits per heavy atom. The lowest BCUT2D eigenvalue weighted by molar-refractivity contribution is 0.102. The number of hydrogen-bond acceptors (Lipinski definition) is 3. The molecule has 0 radical (unpaired) electrons. The molecule has 0 aliphatic heterocycles. The molecule has 0 fully saturated rings. The summed E-state index contributed by atoms with van der Waals surface area (Å²) in [5.41, 5.74) is 3.01. The first-order valence-electron chi connectivity index (χ1n) is 8.09. The minimum atomic E-state index is -0.249. The van der Waals surface area contributed by atoms with E-state index in [0.29, 0.717) is 11.3 Å². The molecule has 2 N–H and O–H groups in total. The van der Waals surface area contributed by atoms with Crippen molar-refractivity contribution >= 4 is 35.0 Å². The smallest absolute Gasteiger partial charge is 0.255 e. The van der Waals surface area contributed by atoms with Gasteiger partial charge in [0.25, 0.3) is 5.91 Å². The predicted octanol–water partition coefficient (Wildman–Crippen LogP) is 5.90. The van der Waals surface area contributed by atoms with Crippen molar-refractivity contribution in [3.8, 4) is 5.75 Å². The summed E-state index contributed by atoms with van der Waals surface area (Å²) in [6.07, 6.45) is 0. The third-order valence-electron chi connectivity index (χ3n) is 3.84. The van der Waals surface area contributed by atoms with Crippen LogP contribution in [0.15, 0.2) is 71.6 Å². The Bertz CT molecular complexity index is 908. The highest BCUT2D eigenvalue weighted by molar-refractivity contribution is 7.98. The minimum absolute atomic E-state index is 0.0642. The average Bonchev–Trinajstić information content (AvgIpc) is 2.64. The van der Waals surface area contributed by atoms with Crippen LogP contribution < -0.4 is 5.32 Å². The molecule has 0 unspecified atom stereocenters. The first kappa shape index (κ1) is 18.4. The Morgan fingerprint density at radius 1 is 1.04 bits per heavy atom. The third-order valence-corrected chi connectivity index (χ3v) is 5.17. The van der Waals surface area contributed by atoms with Gasteiger partial charge in [-0.15, -0.1) is 11.8 Å². The largest absolute Gasteiger partial charge is 0.506 e. The molecule has 0 bridgehead atoms. The van der Waals surface area contributed by atoms with Crippen LogP contribution in [0.25, 0.3) is 0 Å². The minimum Gasteiger partial charge on any atom is -0.506 e. The van der Waals surface area contributed by atoms with E-state index in [1.807, 2.05) is 49.4 Å². The van der Waals surface area contributed by atoms with Gasteiger partial charge in [0.15, 0.2) is 0 Å². The van der Waals surface area contributed by atoms with E-state index in [0.717, 1.165) is 26.8 Å². The fourth-order valence-corrected chi connectivity index (χ4v) is 3.37. The van der Waals surface area contributed by atoms with Crippen LogP contribution >= 0.6 is 23.4 Å². The van der Waals surface area contributed by atoms with Crippen LogP contribution in [-0.2, 0) is 5.75 Å². The van der Waals surface area contributed by atoms with Crippen LogP contribution in [0.1, 0.15) is 21.5 Å². The Labute approximate surface area is 162 Å². The van der Waals surface area contributed by atoms with Crippen molar-refractivity contribution in [3.05, 3.63) is 88.4 Å². The van der Waals surface area contributed by atoms with Crippen LogP contribution in [0.2, 0.25) is 5.02 Å². The number of anilines is 1. The molecule has 26 heavy (non-hydrogen) atoms. The van der Waals surface area contributed by atoms with Crippen molar-refractivity contribution in [1.82, 2.24) is 0 Å². The molecule has 132 valence electrons. The summed E-state index contributed by atoms with van der Waals surface area (Å²) in [5.74, 6) is 0.623. The van der Waals surface area contributed by atoms with Gasteiger partial charge in [-0.25, -0.2) is 0 Å². The standard InChI is InChI=1S/C21H18ClNO2S/c1-14-2-11-19(20(24)12-14)23-21(25)16-5-3-15(4-6-16)13-26-18-9-7-17(22)8-10-18/h2-12,24H,13H2,1H3,(H,23,25). The molecule has 3 aromatic carbocycles. The number of phenolic OH excluding ortho intramolecular Hbond substituents is 1. The quantitative estimate of drug-likeness (QED) is 0.426. The number of phenols is 1. The van der Waals surface area contributed by atoms with Crippen molar-refractivity contribution in [2.45, 2.75) is 17.6 Å². The molecule has 0 aliphatic carbocycles. The SMILES string of the molecule is Cc1ccc(NC(=O)c2ccc(CSc3ccc(Cl)cc3)cc2)c(O)c1. The molecule has 0 aromatic heterocycles. The van der Waals surface area contributed by atoms with Gasteiger partial charge in [0.2, 0.25) is 0 Å². The predicted molar refractivity (Wildman–Crippen MR) is 108 cm³/mol. The van der Waals surface area contributed by atoms with Crippen LogP contribution in [0, 0.1) is 6.92 Å². The molecular formula is C21H18ClNO2S. The van der Waals surface area contributed by atoms with Crippen LogP contribution in [0.4, 0.5) is 5.69 Å². The van der Waals surface area contributed by atoms with E-state index in [2.05, 4.69) is 5.32 Å². The number of nitrogens with one attached hydrogen (secondary N) is 1. The number of carbonyl (C=O) groups excluding carboxylic acids is 1. The van der Waals surface area contributed by atoms with Gasteiger partial charge in [-0.1, -0.05) is 29.8 Å². The lowest BCUT2D eigenvalue weighted by Crippen LogP contribution is -2.12. The number of aromatic hydroxyl groups is 1. The summed E-state index contributed by atoms with van der Waals surface area (Å²) in [5, 5.41) is 13.4. The molecule has 0 aliphatic rings. The van der Waals surface area contributed by atoms with E-state index >= 15 is 0 Å². The second-order valence-electron chi connectivity index (χ2n) is 5.91. The number of hydrogen-bond donors (Lipinski definition) is 2. The van der Waals surface area contributed by atoms with E-state index in [1.54, 1.807) is 36.0 Å². The fourth-order valence-electron chi connectivity index (χ4n) is 2.39. The summed E-state index contributed by atoms with van der Waals surface area (Å²) in [6.45, 7) is 1.88. The molecular weight excluding hydrogens is 366 g/mol. The van der Waals surface area contributed by atoms with Crippen molar-refractivity contribution in [3.63, 3.8) is 0 Å². The van der Waals surface area contributed by atoms with Crippen molar-refractivity contribution in [1.29, 1.82) is 0 Å². The number of amides is 1. The summed E-state index contributed by atoms with van der Waals surface area (Å²) in [7, 11) is 0. The average molecular weight is 384 g/mol. The zero-order valence-electron chi connectivity index (χ0n) is 14.2. The number of rotatable bonds is 5. The van der Waals surface area contributed by atoms with Crippen LogP contribution in [-0.4, -0.2) is 11.0 Å². The van der Waals surface area contributed by atoms with E-state index < -0.39 is 0 Å². The van der Waals surface area contributed by atoms with E-state index in [9.17, 15) is 9.90 Å². The molecule has 5 heteroatoms. The molecule has 0 saturated heterocycles. The highest BCUT2D eigenvalue weighted by atomic mass is 35.5. The number of benzene rings is 3. The molecule has 0 spiro atoms. The third kappa shape index (κ3) is 4.81. The molecule has 0 saturated carbocycles. The van der Waals surface area contributed by atoms with Gasteiger partial charge in [-0.05, 0) is 66.6 Å². The normalized spacial score (nSPS) is 10.5. The number of aryl methyl sites for hydroxylation is 1. The second-order valence-corrected chi connectivity index (χ2v) is 7.40. The summed E-state index contributed by atoms with van der Waals surface area (Å²) in [4.78, 5) is 13.5.